The molecule has 0 spiro atoms. The third kappa shape index (κ3) is 6.98. The van der Waals surface area contributed by atoms with E-state index in [0.717, 1.165) is 30.9 Å². The van der Waals surface area contributed by atoms with Crippen molar-refractivity contribution in [3.05, 3.63) is 77.9 Å². The van der Waals surface area contributed by atoms with Crippen LogP contribution in [0.2, 0.25) is 0 Å². The lowest BCUT2D eigenvalue weighted by Gasteiger charge is -2.12. The molecule has 0 aromatic heterocycles. The first-order valence-electron chi connectivity index (χ1n) is 9.67. The van der Waals surface area contributed by atoms with Crippen LogP contribution in [-0.4, -0.2) is 40.8 Å². The van der Waals surface area contributed by atoms with E-state index in [1.807, 2.05) is 12.1 Å². The average Bonchev–Trinajstić information content (AvgIpc) is 2.72. The molecule has 0 amide bonds. The van der Waals surface area contributed by atoms with Crippen molar-refractivity contribution in [3.8, 4) is 0 Å². The van der Waals surface area contributed by atoms with Crippen molar-refractivity contribution in [2.75, 3.05) is 26.4 Å². The van der Waals surface area contributed by atoms with Crippen LogP contribution in [0, 0.1) is 0 Å². The fourth-order valence-electron chi connectivity index (χ4n) is 3.17. The minimum Gasteiger partial charge on any atom is -0.356 e. The Morgan fingerprint density at radius 2 is 1.40 bits per heavy atom. The van der Waals surface area contributed by atoms with Crippen molar-refractivity contribution in [2.24, 2.45) is 4.99 Å². The molecule has 0 saturated carbocycles. The normalized spacial score (nSPS) is 11.7. The SMILES string of the molecule is CN=C(NCCc1ccc(S(C)(=O)=O)cc1)NCCc1ccc2ccccc2c1.I. The zero-order valence-corrected chi connectivity index (χ0v) is 20.4. The first kappa shape index (κ1) is 24.1. The molecule has 0 aliphatic rings. The van der Waals surface area contributed by atoms with Crippen LogP contribution in [0.15, 0.2) is 76.6 Å². The van der Waals surface area contributed by atoms with Crippen LogP contribution < -0.4 is 10.6 Å². The maximum Gasteiger partial charge on any atom is 0.190 e. The maximum atomic E-state index is 11.5. The van der Waals surface area contributed by atoms with E-state index in [4.69, 9.17) is 0 Å². The van der Waals surface area contributed by atoms with Crippen LogP contribution in [0.4, 0.5) is 0 Å². The van der Waals surface area contributed by atoms with Gasteiger partial charge in [-0.25, -0.2) is 8.42 Å². The zero-order chi connectivity index (χ0) is 20.7. The van der Waals surface area contributed by atoms with E-state index < -0.39 is 9.84 Å². The van der Waals surface area contributed by atoms with Crippen molar-refractivity contribution in [1.82, 2.24) is 10.6 Å². The molecule has 0 saturated heterocycles. The van der Waals surface area contributed by atoms with Crippen LogP contribution in [0.3, 0.4) is 0 Å². The number of nitrogens with one attached hydrogen (secondary N) is 2. The molecule has 0 atom stereocenters. The lowest BCUT2D eigenvalue weighted by molar-refractivity contribution is 0.602. The predicted octanol–water partition coefficient (Wildman–Crippen LogP) is 3.81. The molecule has 7 heteroatoms. The smallest absolute Gasteiger partial charge is 0.190 e. The Labute approximate surface area is 195 Å². The molecule has 5 nitrogen and oxygen atoms in total. The molecule has 0 radical (unpaired) electrons. The maximum absolute atomic E-state index is 11.5. The van der Waals surface area contributed by atoms with Crippen molar-refractivity contribution in [3.63, 3.8) is 0 Å². The van der Waals surface area contributed by atoms with Gasteiger partial charge in [0.1, 0.15) is 0 Å². The molecule has 0 fully saturated rings. The summed E-state index contributed by atoms with van der Waals surface area (Å²) in [5, 5.41) is 9.15. The van der Waals surface area contributed by atoms with Gasteiger partial charge in [-0.1, -0.05) is 54.6 Å². The lowest BCUT2D eigenvalue weighted by Crippen LogP contribution is -2.39. The van der Waals surface area contributed by atoms with Crippen molar-refractivity contribution in [1.29, 1.82) is 0 Å². The Morgan fingerprint density at radius 1 is 0.833 bits per heavy atom. The highest BCUT2D eigenvalue weighted by Crippen LogP contribution is 2.15. The first-order valence-corrected chi connectivity index (χ1v) is 11.6. The van der Waals surface area contributed by atoms with E-state index in [1.165, 1.54) is 22.6 Å². The van der Waals surface area contributed by atoms with E-state index in [9.17, 15) is 8.42 Å². The summed E-state index contributed by atoms with van der Waals surface area (Å²) in [6.07, 6.45) is 2.92. The van der Waals surface area contributed by atoms with Crippen LogP contribution in [0.1, 0.15) is 11.1 Å². The summed E-state index contributed by atoms with van der Waals surface area (Å²) in [4.78, 5) is 4.61. The number of fused-ring (bicyclic) bond motifs is 1. The highest BCUT2D eigenvalue weighted by molar-refractivity contribution is 14.0. The Morgan fingerprint density at radius 3 is 2.00 bits per heavy atom. The summed E-state index contributed by atoms with van der Waals surface area (Å²) in [5.74, 6) is 0.763. The third-order valence-corrected chi connectivity index (χ3v) is 5.93. The highest BCUT2D eigenvalue weighted by Gasteiger charge is 2.06. The molecule has 0 bridgehead atoms. The van der Waals surface area contributed by atoms with Gasteiger partial charge < -0.3 is 10.6 Å². The fraction of sp³-hybridized carbons (Fsp3) is 0.261. The number of sulfone groups is 1. The van der Waals surface area contributed by atoms with E-state index in [-0.39, 0.29) is 24.0 Å². The summed E-state index contributed by atoms with van der Waals surface area (Å²) in [7, 11) is -1.39. The molecule has 3 aromatic carbocycles. The van der Waals surface area contributed by atoms with Crippen LogP contribution >= 0.6 is 24.0 Å². The Bertz CT molecular complexity index is 1100. The molecule has 2 N–H and O–H groups in total. The summed E-state index contributed by atoms with van der Waals surface area (Å²) >= 11 is 0. The Balaban J connectivity index is 0.00000320. The second-order valence-electron chi connectivity index (χ2n) is 7.02. The van der Waals surface area contributed by atoms with Gasteiger partial charge >= 0.3 is 0 Å². The number of benzene rings is 3. The minimum absolute atomic E-state index is 0. The van der Waals surface area contributed by atoms with Crippen molar-refractivity contribution >= 4 is 50.5 Å². The first-order chi connectivity index (χ1) is 14.0. The second-order valence-corrected chi connectivity index (χ2v) is 9.04. The topological polar surface area (TPSA) is 70.6 Å². The van der Waals surface area contributed by atoms with Gasteiger partial charge in [-0.15, -0.1) is 24.0 Å². The summed E-state index contributed by atoms with van der Waals surface area (Å²) in [5.41, 5.74) is 2.37. The van der Waals surface area contributed by atoms with E-state index >= 15 is 0 Å². The quantitative estimate of drug-likeness (QED) is 0.273. The number of guanidine groups is 1. The van der Waals surface area contributed by atoms with Gasteiger partial charge in [0.15, 0.2) is 15.8 Å². The molecule has 3 aromatic rings. The van der Waals surface area contributed by atoms with Crippen LogP contribution in [0.5, 0.6) is 0 Å². The minimum atomic E-state index is -3.15. The Kier molecular flexibility index (Phi) is 9.10. The van der Waals surface area contributed by atoms with Gasteiger partial charge in [-0.3, -0.25) is 4.99 Å². The van der Waals surface area contributed by atoms with Crippen LogP contribution in [0.25, 0.3) is 10.8 Å². The molecule has 0 heterocycles. The fourth-order valence-corrected chi connectivity index (χ4v) is 3.80. The number of nitrogens with zero attached hydrogens (tertiary/aromatic N) is 1. The number of halogens is 1. The number of aliphatic imine (C=N–C) groups is 1. The van der Waals surface area contributed by atoms with Gasteiger partial charge in [0, 0.05) is 26.4 Å². The van der Waals surface area contributed by atoms with Gasteiger partial charge in [-0.2, -0.15) is 0 Å². The van der Waals surface area contributed by atoms with E-state index in [0.29, 0.717) is 11.4 Å². The predicted molar refractivity (Wildman–Crippen MR) is 136 cm³/mol. The summed E-state index contributed by atoms with van der Waals surface area (Å²) in [6, 6.07) is 21.9. The van der Waals surface area contributed by atoms with Crippen LogP contribution in [-0.2, 0) is 22.7 Å². The Hall–Kier alpha value is -2.13. The number of hydrogen-bond acceptors (Lipinski definition) is 3. The molecule has 0 unspecified atom stereocenters. The largest absolute Gasteiger partial charge is 0.356 e. The van der Waals surface area contributed by atoms with Gasteiger partial charge in [-0.05, 0) is 46.9 Å². The monoisotopic (exact) mass is 537 g/mol. The zero-order valence-electron chi connectivity index (χ0n) is 17.3. The lowest BCUT2D eigenvalue weighted by atomic mass is 10.1. The molecule has 30 heavy (non-hydrogen) atoms. The molecule has 3 rings (SSSR count). The standard InChI is InChI=1S/C23H27N3O2S.HI/c1-24-23(25-15-13-18-8-11-22(12-9-18)29(2,27)28)26-16-14-19-7-10-20-5-3-4-6-21(20)17-19;/h3-12,17H,13-16H2,1-2H3,(H2,24,25,26);1H. The number of hydrogen-bond donors (Lipinski definition) is 2. The molecule has 0 aliphatic heterocycles. The highest BCUT2D eigenvalue weighted by atomic mass is 127. The third-order valence-electron chi connectivity index (χ3n) is 4.80. The van der Waals surface area contributed by atoms with E-state index in [2.05, 4.69) is 58.1 Å². The van der Waals surface area contributed by atoms with Gasteiger partial charge in [0.2, 0.25) is 0 Å². The second kappa shape index (κ2) is 11.3. The molecular weight excluding hydrogens is 509 g/mol. The average molecular weight is 537 g/mol. The van der Waals surface area contributed by atoms with Crippen molar-refractivity contribution < 1.29 is 8.42 Å². The summed E-state index contributed by atoms with van der Waals surface area (Å²) < 4.78 is 23.0. The van der Waals surface area contributed by atoms with E-state index in [1.54, 1.807) is 19.2 Å². The van der Waals surface area contributed by atoms with Gasteiger partial charge in [0.05, 0.1) is 4.90 Å². The molecular formula is C23H28IN3O2S. The summed E-state index contributed by atoms with van der Waals surface area (Å²) in [6.45, 7) is 1.51. The number of rotatable bonds is 7. The molecule has 160 valence electrons. The van der Waals surface area contributed by atoms with Crippen molar-refractivity contribution in [2.45, 2.75) is 17.7 Å². The molecule has 0 aliphatic carbocycles. The van der Waals surface area contributed by atoms with Gasteiger partial charge in [0.25, 0.3) is 0 Å².